The van der Waals surface area contributed by atoms with E-state index in [9.17, 15) is 0 Å². The van der Waals surface area contributed by atoms with Crippen molar-refractivity contribution in [3.8, 4) is 5.75 Å². The molecule has 1 fully saturated rings. The van der Waals surface area contributed by atoms with Crippen molar-refractivity contribution >= 4 is 0 Å². The minimum Gasteiger partial charge on any atom is -0.490 e. The average molecular weight is 259 g/mol. The van der Waals surface area contributed by atoms with Crippen molar-refractivity contribution < 1.29 is 4.74 Å². The summed E-state index contributed by atoms with van der Waals surface area (Å²) in [4.78, 5) is 0. The van der Waals surface area contributed by atoms with Crippen LogP contribution in [0.5, 0.6) is 5.75 Å². The summed E-state index contributed by atoms with van der Waals surface area (Å²) in [7, 11) is 2.04. The quantitative estimate of drug-likeness (QED) is 0.895. The molecule has 104 valence electrons. The molecule has 1 saturated carbocycles. The van der Waals surface area contributed by atoms with E-state index in [4.69, 9.17) is 4.74 Å². The first-order valence-electron chi connectivity index (χ1n) is 7.79. The van der Waals surface area contributed by atoms with Gasteiger partial charge in [-0.2, -0.15) is 0 Å². The fourth-order valence-electron chi connectivity index (χ4n) is 3.65. The van der Waals surface area contributed by atoms with E-state index in [1.807, 2.05) is 7.05 Å². The first kappa shape index (κ1) is 13.0. The Hall–Kier alpha value is -1.02. The maximum absolute atomic E-state index is 6.32. The highest BCUT2D eigenvalue weighted by atomic mass is 16.5. The lowest BCUT2D eigenvalue weighted by molar-refractivity contribution is 0.201. The van der Waals surface area contributed by atoms with Crippen molar-refractivity contribution in [3.05, 3.63) is 29.3 Å². The van der Waals surface area contributed by atoms with E-state index in [2.05, 4.69) is 23.5 Å². The molecule has 0 saturated heterocycles. The molecule has 1 aromatic rings. The molecule has 0 amide bonds. The Bertz CT molecular complexity index is 429. The number of fused-ring (bicyclic) bond motifs is 1. The third kappa shape index (κ3) is 2.94. The topological polar surface area (TPSA) is 21.3 Å². The molecule has 0 heterocycles. The van der Waals surface area contributed by atoms with Crippen LogP contribution in [0.4, 0.5) is 0 Å². The molecule has 2 aliphatic rings. The van der Waals surface area contributed by atoms with Crippen LogP contribution in [-0.2, 0) is 12.8 Å². The van der Waals surface area contributed by atoms with Gasteiger partial charge in [-0.25, -0.2) is 0 Å². The summed E-state index contributed by atoms with van der Waals surface area (Å²) < 4.78 is 6.32. The molecule has 1 aromatic carbocycles. The van der Waals surface area contributed by atoms with E-state index in [0.717, 1.165) is 12.5 Å². The van der Waals surface area contributed by atoms with Gasteiger partial charge >= 0.3 is 0 Å². The SMILES string of the molecule is CNCC1CCC(Oc2cccc3c2CCCC3)C1. The van der Waals surface area contributed by atoms with E-state index in [0.29, 0.717) is 6.10 Å². The van der Waals surface area contributed by atoms with E-state index < -0.39 is 0 Å². The smallest absolute Gasteiger partial charge is 0.123 e. The number of rotatable bonds is 4. The summed E-state index contributed by atoms with van der Waals surface area (Å²) in [5.41, 5.74) is 3.01. The summed E-state index contributed by atoms with van der Waals surface area (Å²) in [6.45, 7) is 1.13. The molecule has 0 aromatic heterocycles. The Morgan fingerprint density at radius 2 is 2.11 bits per heavy atom. The Labute approximate surface area is 116 Å². The van der Waals surface area contributed by atoms with Crippen LogP contribution in [0.2, 0.25) is 0 Å². The maximum Gasteiger partial charge on any atom is 0.123 e. The van der Waals surface area contributed by atoms with Crippen LogP contribution < -0.4 is 10.1 Å². The Kier molecular flexibility index (Phi) is 4.07. The van der Waals surface area contributed by atoms with Crippen molar-refractivity contribution in [3.63, 3.8) is 0 Å². The molecule has 0 radical (unpaired) electrons. The highest BCUT2D eigenvalue weighted by Crippen LogP contribution is 2.34. The third-order valence-electron chi connectivity index (χ3n) is 4.63. The summed E-state index contributed by atoms with van der Waals surface area (Å²) >= 11 is 0. The zero-order chi connectivity index (χ0) is 13.1. The second-order valence-electron chi connectivity index (χ2n) is 6.08. The normalized spacial score (nSPS) is 26.2. The van der Waals surface area contributed by atoms with Crippen LogP contribution in [-0.4, -0.2) is 19.7 Å². The highest BCUT2D eigenvalue weighted by molar-refractivity contribution is 5.41. The fraction of sp³-hybridized carbons (Fsp3) is 0.647. The second kappa shape index (κ2) is 5.96. The van der Waals surface area contributed by atoms with Crippen LogP contribution in [0, 0.1) is 5.92 Å². The molecular weight excluding hydrogens is 234 g/mol. The molecule has 2 atom stereocenters. The van der Waals surface area contributed by atoms with Gasteiger partial charge in [0.25, 0.3) is 0 Å². The molecule has 1 N–H and O–H groups in total. The predicted molar refractivity (Wildman–Crippen MR) is 78.8 cm³/mol. The molecular formula is C17H25NO. The third-order valence-corrected chi connectivity index (χ3v) is 4.63. The van der Waals surface area contributed by atoms with Crippen LogP contribution in [0.3, 0.4) is 0 Å². The lowest BCUT2D eigenvalue weighted by Gasteiger charge is -2.22. The summed E-state index contributed by atoms with van der Waals surface area (Å²) in [5.74, 6) is 1.97. The Morgan fingerprint density at radius 1 is 1.21 bits per heavy atom. The molecule has 3 rings (SSSR count). The van der Waals surface area contributed by atoms with E-state index in [1.165, 1.54) is 61.8 Å². The van der Waals surface area contributed by atoms with Gasteiger partial charge < -0.3 is 10.1 Å². The summed E-state index contributed by atoms with van der Waals surface area (Å²) in [5, 5.41) is 3.29. The van der Waals surface area contributed by atoms with Gasteiger partial charge in [0.15, 0.2) is 0 Å². The van der Waals surface area contributed by atoms with Crippen LogP contribution in [0.25, 0.3) is 0 Å². The average Bonchev–Trinajstić information content (AvgIpc) is 2.87. The summed E-state index contributed by atoms with van der Waals surface area (Å²) in [6.07, 6.45) is 9.27. The van der Waals surface area contributed by atoms with Gasteiger partial charge in [0.2, 0.25) is 0 Å². The van der Waals surface area contributed by atoms with Crippen molar-refractivity contribution in [2.45, 2.75) is 51.0 Å². The van der Waals surface area contributed by atoms with Gasteiger partial charge in [-0.05, 0) is 81.6 Å². The molecule has 2 nitrogen and oxygen atoms in total. The van der Waals surface area contributed by atoms with Crippen molar-refractivity contribution in [2.75, 3.05) is 13.6 Å². The van der Waals surface area contributed by atoms with Crippen molar-refractivity contribution in [1.29, 1.82) is 0 Å². The standard InChI is InChI=1S/C17H25NO/c1-18-12-13-9-10-15(11-13)19-17-8-4-6-14-5-2-3-7-16(14)17/h4,6,8,13,15,18H,2-3,5,7,9-12H2,1H3. The Morgan fingerprint density at radius 3 is 3.00 bits per heavy atom. The molecule has 0 spiro atoms. The fourth-order valence-corrected chi connectivity index (χ4v) is 3.65. The number of hydrogen-bond donors (Lipinski definition) is 1. The van der Waals surface area contributed by atoms with E-state index >= 15 is 0 Å². The second-order valence-corrected chi connectivity index (χ2v) is 6.08. The largest absolute Gasteiger partial charge is 0.490 e. The Balaban J connectivity index is 1.67. The number of hydrogen-bond acceptors (Lipinski definition) is 2. The van der Waals surface area contributed by atoms with Gasteiger partial charge in [-0.1, -0.05) is 12.1 Å². The molecule has 2 heteroatoms. The molecule has 0 bridgehead atoms. The first-order valence-corrected chi connectivity index (χ1v) is 7.79. The van der Waals surface area contributed by atoms with Crippen LogP contribution in [0.1, 0.15) is 43.2 Å². The minimum absolute atomic E-state index is 0.437. The van der Waals surface area contributed by atoms with Crippen LogP contribution >= 0.6 is 0 Å². The highest BCUT2D eigenvalue weighted by Gasteiger charge is 2.26. The lowest BCUT2D eigenvalue weighted by Crippen LogP contribution is -2.19. The number of aryl methyl sites for hydroxylation is 1. The van der Waals surface area contributed by atoms with Gasteiger partial charge in [-0.3, -0.25) is 0 Å². The van der Waals surface area contributed by atoms with Crippen molar-refractivity contribution in [1.82, 2.24) is 5.32 Å². The van der Waals surface area contributed by atoms with Gasteiger partial charge in [-0.15, -0.1) is 0 Å². The minimum atomic E-state index is 0.437. The van der Waals surface area contributed by atoms with Gasteiger partial charge in [0.1, 0.15) is 5.75 Å². The van der Waals surface area contributed by atoms with Gasteiger partial charge in [0, 0.05) is 0 Å². The van der Waals surface area contributed by atoms with Crippen molar-refractivity contribution in [2.24, 2.45) is 5.92 Å². The molecule has 2 aliphatic carbocycles. The van der Waals surface area contributed by atoms with Crippen LogP contribution in [0.15, 0.2) is 18.2 Å². The number of nitrogens with one attached hydrogen (secondary N) is 1. The zero-order valence-corrected chi connectivity index (χ0v) is 12.0. The zero-order valence-electron chi connectivity index (χ0n) is 12.0. The predicted octanol–water partition coefficient (Wildman–Crippen LogP) is 3.33. The molecule has 2 unspecified atom stereocenters. The summed E-state index contributed by atoms with van der Waals surface area (Å²) in [6, 6.07) is 6.62. The van der Waals surface area contributed by atoms with Gasteiger partial charge in [0.05, 0.1) is 6.10 Å². The molecule has 19 heavy (non-hydrogen) atoms. The van der Waals surface area contributed by atoms with E-state index in [-0.39, 0.29) is 0 Å². The first-order chi connectivity index (χ1) is 9.36. The molecule has 0 aliphatic heterocycles. The van der Waals surface area contributed by atoms with E-state index in [1.54, 1.807) is 0 Å². The maximum atomic E-state index is 6.32. The number of ether oxygens (including phenoxy) is 1. The number of benzene rings is 1. The lowest BCUT2D eigenvalue weighted by atomic mass is 9.91. The monoisotopic (exact) mass is 259 g/mol.